The molecule has 0 amide bonds. The Hall–Kier alpha value is -2.75. The van der Waals surface area contributed by atoms with Crippen LogP contribution in [-0.4, -0.2) is 54.8 Å². The highest BCUT2D eigenvalue weighted by Gasteiger charge is 2.15. The molecule has 0 fully saturated rings. The van der Waals surface area contributed by atoms with Crippen LogP contribution in [0.4, 0.5) is 0 Å². The average Bonchev–Trinajstić information content (AvgIpc) is 3.45. The number of ether oxygens (including phenoxy) is 2. The van der Waals surface area contributed by atoms with Gasteiger partial charge in [-0.15, -0.1) is 11.8 Å². The van der Waals surface area contributed by atoms with E-state index in [9.17, 15) is 13.5 Å². The summed E-state index contributed by atoms with van der Waals surface area (Å²) in [6.07, 6.45) is 0.786. The molecule has 0 radical (unpaired) electrons. The lowest BCUT2D eigenvalue weighted by molar-refractivity contribution is 0.129. The standard InChI is InChI=1S/C23H24N2O5S2/c1-15(14-26)29-18-11-16(21-7-8-22(25-21)23-24-9-10-31-23)12-19(13-18)30-17-3-5-20(6-4-17)32(2,27)28/h3-8,11-13,15,25-26H,9-10,14H2,1-2H3/t15-/m0/s1. The van der Waals surface area contributed by atoms with Gasteiger partial charge in [-0.1, -0.05) is 0 Å². The van der Waals surface area contributed by atoms with Crippen LogP contribution in [0, 0.1) is 0 Å². The third-order valence-corrected chi connectivity index (χ3v) is 6.91. The molecule has 168 valence electrons. The highest BCUT2D eigenvalue weighted by molar-refractivity contribution is 8.14. The smallest absolute Gasteiger partial charge is 0.175 e. The van der Waals surface area contributed by atoms with Crippen molar-refractivity contribution in [3.05, 3.63) is 60.3 Å². The van der Waals surface area contributed by atoms with E-state index in [4.69, 9.17) is 9.47 Å². The fraction of sp³-hybridized carbons (Fsp3) is 0.261. The number of hydrogen-bond acceptors (Lipinski definition) is 7. The number of H-pyrrole nitrogens is 1. The maximum atomic E-state index is 11.7. The molecule has 3 aromatic rings. The molecular weight excluding hydrogens is 448 g/mol. The van der Waals surface area contributed by atoms with Gasteiger partial charge in [-0.2, -0.15) is 0 Å². The number of benzene rings is 2. The topological polar surface area (TPSA) is 101 Å². The van der Waals surface area contributed by atoms with Crippen molar-refractivity contribution in [2.24, 2.45) is 4.99 Å². The Morgan fingerprint density at radius 1 is 1.06 bits per heavy atom. The molecule has 1 aliphatic heterocycles. The van der Waals surface area contributed by atoms with Gasteiger partial charge >= 0.3 is 0 Å². The van der Waals surface area contributed by atoms with Gasteiger partial charge in [0.2, 0.25) is 0 Å². The number of sulfone groups is 1. The molecule has 1 aromatic heterocycles. The first-order valence-corrected chi connectivity index (χ1v) is 13.0. The molecule has 9 heteroatoms. The lowest BCUT2D eigenvalue weighted by Crippen LogP contribution is -2.16. The second-order valence-corrected chi connectivity index (χ2v) is 10.6. The monoisotopic (exact) mass is 472 g/mol. The molecule has 7 nitrogen and oxygen atoms in total. The summed E-state index contributed by atoms with van der Waals surface area (Å²) in [5, 5.41) is 10.4. The number of rotatable bonds is 8. The van der Waals surface area contributed by atoms with Crippen LogP contribution in [0.3, 0.4) is 0 Å². The molecule has 0 saturated carbocycles. The quantitative estimate of drug-likeness (QED) is 0.511. The highest BCUT2D eigenvalue weighted by Crippen LogP contribution is 2.33. The Morgan fingerprint density at radius 2 is 1.78 bits per heavy atom. The summed E-state index contributed by atoms with van der Waals surface area (Å²) in [6.45, 7) is 2.49. The lowest BCUT2D eigenvalue weighted by Gasteiger charge is -2.15. The van der Waals surface area contributed by atoms with Gasteiger partial charge < -0.3 is 19.6 Å². The number of nitrogens with zero attached hydrogens (tertiary/aromatic N) is 1. The van der Waals surface area contributed by atoms with Crippen LogP contribution in [-0.2, 0) is 9.84 Å². The van der Waals surface area contributed by atoms with E-state index in [0.717, 1.165) is 34.3 Å². The third kappa shape index (κ3) is 5.35. The van der Waals surface area contributed by atoms with Crippen LogP contribution < -0.4 is 9.47 Å². The van der Waals surface area contributed by atoms with E-state index in [1.807, 2.05) is 24.3 Å². The number of hydrogen-bond donors (Lipinski definition) is 2. The molecular formula is C23H24N2O5S2. The van der Waals surface area contributed by atoms with Crippen LogP contribution in [0.5, 0.6) is 17.2 Å². The first kappa shape index (κ1) is 22.4. The van der Waals surface area contributed by atoms with E-state index < -0.39 is 9.84 Å². The minimum absolute atomic E-state index is 0.114. The average molecular weight is 473 g/mol. The maximum absolute atomic E-state index is 11.7. The first-order chi connectivity index (χ1) is 15.3. The van der Waals surface area contributed by atoms with Crippen molar-refractivity contribution < 1.29 is 23.0 Å². The fourth-order valence-electron chi connectivity index (χ4n) is 3.20. The molecule has 2 heterocycles. The van der Waals surface area contributed by atoms with Crippen molar-refractivity contribution in [2.45, 2.75) is 17.9 Å². The number of thioether (sulfide) groups is 1. The van der Waals surface area contributed by atoms with Gasteiger partial charge in [-0.3, -0.25) is 4.99 Å². The highest BCUT2D eigenvalue weighted by atomic mass is 32.2. The van der Waals surface area contributed by atoms with Crippen molar-refractivity contribution in [3.8, 4) is 28.5 Å². The van der Waals surface area contributed by atoms with Crippen LogP contribution in [0.25, 0.3) is 11.3 Å². The van der Waals surface area contributed by atoms with Crippen molar-refractivity contribution in [3.63, 3.8) is 0 Å². The van der Waals surface area contributed by atoms with E-state index in [-0.39, 0.29) is 17.6 Å². The van der Waals surface area contributed by atoms with Crippen LogP contribution in [0.1, 0.15) is 12.6 Å². The van der Waals surface area contributed by atoms with Gasteiger partial charge in [0, 0.05) is 35.9 Å². The molecule has 1 aliphatic rings. The zero-order valence-electron chi connectivity index (χ0n) is 17.7. The minimum Gasteiger partial charge on any atom is -0.488 e. The predicted octanol–water partition coefficient (Wildman–Crippen LogP) is 4.13. The van der Waals surface area contributed by atoms with E-state index >= 15 is 0 Å². The van der Waals surface area contributed by atoms with Gasteiger partial charge in [-0.05, 0) is 55.5 Å². The number of aliphatic hydroxyl groups excluding tert-OH is 1. The number of aromatic amines is 1. The zero-order valence-corrected chi connectivity index (χ0v) is 19.4. The first-order valence-electron chi connectivity index (χ1n) is 10.1. The summed E-state index contributed by atoms with van der Waals surface area (Å²) < 4.78 is 35.2. The molecule has 0 saturated heterocycles. The Morgan fingerprint density at radius 3 is 2.44 bits per heavy atom. The van der Waals surface area contributed by atoms with Crippen LogP contribution in [0.15, 0.2) is 64.5 Å². The summed E-state index contributed by atoms with van der Waals surface area (Å²) >= 11 is 1.73. The van der Waals surface area contributed by atoms with Crippen molar-refractivity contribution in [1.29, 1.82) is 0 Å². The Bertz CT molecular complexity index is 1230. The molecule has 0 spiro atoms. The second-order valence-electron chi connectivity index (χ2n) is 7.47. The van der Waals surface area contributed by atoms with E-state index in [1.165, 1.54) is 18.4 Å². The van der Waals surface area contributed by atoms with Crippen molar-refractivity contribution in [2.75, 3.05) is 25.2 Å². The molecule has 0 unspecified atom stereocenters. The molecule has 4 rings (SSSR count). The van der Waals surface area contributed by atoms with Crippen LogP contribution >= 0.6 is 11.8 Å². The number of aliphatic imine (C=N–C) groups is 1. The normalized spacial score (nSPS) is 14.8. The lowest BCUT2D eigenvalue weighted by atomic mass is 10.1. The van der Waals surface area contributed by atoms with E-state index in [1.54, 1.807) is 36.9 Å². The molecule has 2 aromatic carbocycles. The van der Waals surface area contributed by atoms with Crippen LogP contribution in [0.2, 0.25) is 0 Å². The van der Waals surface area contributed by atoms with Crippen molar-refractivity contribution in [1.82, 2.24) is 4.98 Å². The predicted molar refractivity (Wildman–Crippen MR) is 127 cm³/mol. The summed E-state index contributed by atoms with van der Waals surface area (Å²) in [5.41, 5.74) is 2.70. The summed E-state index contributed by atoms with van der Waals surface area (Å²) in [4.78, 5) is 8.14. The molecule has 0 bridgehead atoms. The largest absolute Gasteiger partial charge is 0.488 e. The third-order valence-electron chi connectivity index (χ3n) is 4.77. The summed E-state index contributed by atoms with van der Waals surface area (Å²) in [6, 6.07) is 15.7. The number of aromatic nitrogens is 1. The van der Waals surface area contributed by atoms with Gasteiger partial charge in [-0.25, -0.2) is 8.42 Å². The van der Waals surface area contributed by atoms with Gasteiger partial charge in [0.05, 0.1) is 17.2 Å². The zero-order chi connectivity index (χ0) is 22.7. The Labute approximate surface area is 191 Å². The summed E-state index contributed by atoms with van der Waals surface area (Å²) in [7, 11) is -3.28. The Kier molecular flexibility index (Phi) is 6.59. The Balaban J connectivity index is 1.65. The van der Waals surface area contributed by atoms with Gasteiger partial charge in [0.15, 0.2) is 9.84 Å². The molecule has 0 aliphatic carbocycles. The molecule has 2 N–H and O–H groups in total. The molecule has 1 atom stereocenters. The SMILES string of the molecule is C[C@@H](CO)Oc1cc(Oc2ccc(S(C)(=O)=O)cc2)cc(-c2ccc(C3=NCCS3)[nH]2)c1. The van der Waals surface area contributed by atoms with Gasteiger partial charge in [0.1, 0.15) is 28.4 Å². The van der Waals surface area contributed by atoms with E-state index in [0.29, 0.717) is 17.2 Å². The molecule has 32 heavy (non-hydrogen) atoms. The van der Waals surface area contributed by atoms with Gasteiger partial charge in [0.25, 0.3) is 0 Å². The maximum Gasteiger partial charge on any atom is 0.175 e. The van der Waals surface area contributed by atoms with Crippen molar-refractivity contribution >= 4 is 26.6 Å². The number of aliphatic hydroxyl groups is 1. The minimum atomic E-state index is -3.28. The summed E-state index contributed by atoms with van der Waals surface area (Å²) in [5.74, 6) is 2.57. The second kappa shape index (κ2) is 9.40. The van der Waals surface area contributed by atoms with E-state index in [2.05, 4.69) is 9.98 Å². The number of nitrogens with one attached hydrogen (secondary N) is 1. The fourth-order valence-corrected chi connectivity index (χ4v) is 4.66.